The standard InChI is InChI=1S/C11H13N5O3/c1-3-19-10-7(12)4-5-8(14-10)16-6-13-9(15-16)11(17)18-2/h4-6H,3,12H2,1-2H3. The van der Waals surface area contributed by atoms with Gasteiger partial charge in [-0.3, -0.25) is 0 Å². The number of nitrogens with zero attached hydrogens (tertiary/aromatic N) is 4. The number of anilines is 1. The van der Waals surface area contributed by atoms with Crippen molar-refractivity contribution >= 4 is 11.7 Å². The summed E-state index contributed by atoms with van der Waals surface area (Å²) in [6.45, 7) is 2.28. The van der Waals surface area contributed by atoms with Crippen molar-refractivity contribution in [3.8, 4) is 11.7 Å². The van der Waals surface area contributed by atoms with Crippen molar-refractivity contribution in [2.75, 3.05) is 19.5 Å². The molecule has 0 aliphatic rings. The van der Waals surface area contributed by atoms with Crippen LogP contribution in [0.2, 0.25) is 0 Å². The number of esters is 1. The third-order valence-corrected chi connectivity index (χ3v) is 2.25. The van der Waals surface area contributed by atoms with Crippen LogP contribution in [0.1, 0.15) is 17.5 Å². The van der Waals surface area contributed by atoms with Crippen LogP contribution in [0, 0.1) is 0 Å². The Balaban J connectivity index is 2.33. The van der Waals surface area contributed by atoms with Crippen LogP contribution in [0.5, 0.6) is 5.88 Å². The number of aromatic nitrogens is 4. The Kier molecular flexibility index (Phi) is 3.60. The molecule has 0 unspecified atom stereocenters. The molecule has 0 saturated heterocycles. The molecule has 19 heavy (non-hydrogen) atoms. The van der Waals surface area contributed by atoms with E-state index in [0.29, 0.717) is 24.0 Å². The molecule has 2 aromatic rings. The molecule has 8 heteroatoms. The van der Waals surface area contributed by atoms with E-state index in [4.69, 9.17) is 10.5 Å². The largest absolute Gasteiger partial charge is 0.476 e. The molecule has 0 atom stereocenters. The molecular weight excluding hydrogens is 250 g/mol. The first-order chi connectivity index (χ1) is 9.15. The zero-order valence-corrected chi connectivity index (χ0v) is 10.5. The predicted octanol–water partition coefficient (Wildman–Crippen LogP) is 0.430. The average molecular weight is 263 g/mol. The molecule has 0 fully saturated rings. The Hall–Kier alpha value is -2.64. The molecule has 0 aliphatic heterocycles. The van der Waals surface area contributed by atoms with Gasteiger partial charge < -0.3 is 15.2 Å². The minimum Gasteiger partial charge on any atom is -0.476 e. The molecule has 8 nitrogen and oxygen atoms in total. The highest BCUT2D eigenvalue weighted by atomic mass is 16.5. The van der Waals surface area contributed by atoms with Crippen LogP contribution in [-0.4, -0.2) is 39.4 Å². The number of methoxy groups -OCH3 is 1. The number of ether oxygens (including phenoxy) is 2. The van der Waals surface area contributed by atoms with E-state index in [0.717, 1.165) is 0 Å². The fraction of sp³-hybridized carbons (Fsp3) is 0.273. The van der Waals surface area contributed by atoms with Crippen LogP contribution in [0.4, 0.5) is 5.69 Å². The number of carbonyl (C=O) groups is 1. The van der Waals surface area contributed by atoms with Crippen LogP contribution >= 0.6 is 0 Å². The molecule has 0 aliphatic carbocycles. The van der Waals surface area contributed by atoms with Gasteiger partial charge in [-0.15, -0.1) is 5.10 Å². The Morgan fingerprint density at radius 1 is 1.47 bits per heavy atom. The van der Waals surface area contributed by atoms with E-state index in [-0.39, 0.29) is 5.82 Å². The summed E-state index contributed by atoms with van der Waals surface area (Å²) in [5, 5.41) is 3.95. The lowest BCUT2D eigenvalue weighted by atomic mass is 10.4. The van der Waals surface area contributed by atoms with Gasteiger partial charge in [0.05, 0.1) is 19.4 Å². The molecule has 2 N–H and O–H groups in total. The van der Waals surface area contributed by atoms with Crippen molar-refractivity contribution < 1.29 is 14.3 Å². The Labute approximate surface area is 109 Å². The highest BCUT2D eigenvalue weighted by Crippen LogP contribution is 2.19. The zero-order valence-electron chi connectivity index (χ0n) is 10.5. The normalized spacial score (nSPS) is 10.2. The van der Waals surface area contributed by atoms with Gasteiger partial charge in [-0.25, -0.2) is 14.5 Å². The molecule has 0 amide bonds. The van der Waals surface area contributed by atoms with Gasteiger partial charge >= 0.3 is 5.97 Å². The summed E-state index contributed by atoms with van der Waals surface area (Å²) < 4.78 is 11.2. The van der Waals surface area contributed by atoms with Crippen molar-refractivity contribution in [1.29, 1.82) is 0 Å². The number of hydrogen-bond donors (Lipinski definition) is 1. The number of carbonyl (C=O) groups excluding carboxylic acids is 1. The summed E-state index contributed by atoms with van der Waals surface area (Å²) in [6.07, 6.45) is 1.36. The SMILES string of the molecule is CCOc1nc(-n2cnc(C(=O)OC)n2)ccc1N. The number of nitrogen functional groups attached to an aromatic ring is 1. The molecule has 0 saturated carbocycles. The summed E-state index contributed by atoms with van der Waals surface area (Å²) in [7, 11) is 1.26. The molecule has 0 spiro atoms. The minimum absolute atomic E-state index is 0.0425. The molecular formula is C11H13N5O3. The maximum absolute atomic E-state index is 11.3. The first-order valence-corrected chi connectivity index (χ1v) is 5.55. The van der Waals surface area contributed by atoms with Crippen molar-refractivity contribution in [3.05, 3.63) is 24.3 Å². The van der Waals surface area contributed by atoms with Gasteiger partial charge in [0.25, 0.3) is 5.82 Å². The van der Waals surface area contributed by atoms with E-state index in [2.05, 4.69) is 19.8 Å². The van der Waals surface area contributed by atoms with Gasteiger partial charge in [0.15, 0.2) is 5.82 Å². The van der Waals surface area contributed by atoms with Gasteiger partial charge in [-0.05, 0) is 19.1 Å². The third-order valence-electron chi connectivity index (χ3n) is 2.25. The molecule has 0 radical (unpaired) electrons. The topological polar surface area (TPSA) is 105 Å². The number of rotatable bonds is 4. The summed E-state index contributed by atoms with van der Waals surface area (Å²) in [5.74, 6) is 0.105. The van der Waals surface area contributed by atoms with Crippen LogP contribution in [-0.2, 0) is 4.74 Å². The fourth-order valence-corrected chi connectivity index (χ4v) is 1.38. The molecule has 2 heterocycles. The Morgan fingerprint density at radius 3 is 2.95 bits per heavy atom. The monoisotopic (exact) mass is 263 g/mol. The van der Waals surface area contributed by atoms with Crippen LogP contribution < -0.4 is 10.5 Å². The summed E-state index contributed by atoms with van der Waals surface area (Å²) >= 11 is 0. The maximum atomic E-state index is 11.3. The molecule has 0 bridgehead atoms. The maximum Gasteiger partial charge on any atom is 0.377 e. The summed E-state index contributed by atoms with van der Waals surface area (Å²) in [4.78, 5) is 19.3. The van der Waals surface area contributed by atoms with Gasteiger partial charge in [0.1, 0.15) is 6.33 Å². The molecule has 0 aromatic carbocycles. The lowest BCUT2D eigenvalue weighted by Gasteiger charge is -2.07. The van der Waals surface area contributed by atoms with E-state index in [1.165, 1.54) is 18.1 Å². The highest BCUT2D eigenvalue weighted by molar-refractivity contribution is 5.84. The van der Waals surface area contributed by atoms with E-state index >= 15 is 0 Å². The van der Waals surface area contributed by atoms with Gasteiger partial charge in [0, 0.05) is 0 Å². The lowest BCUT2D eigenvalue weighted by molar-refractivity contribution is 0.0587. The van der Waals surface area contributed by atoms with Crippen molar-refractivity contribution in [3.63, 3.8) is 0 Å². The minimum atomic E-state index is -0.612. The second-order valence-electron chi connectivity index (χ2n) is 3.50. The quantitative estimate of drug-likeness (QED) is 0.797. The van der Waals surface area contributed by atoms with Gasteiger partial charge in [-0.1, -0.05) is 0 Å². The van der Waals surface area contributed by atoms with Gasteiger partial charge in [0.2, 0.25) is 5.88 Å². The number of nitrogens with two attached hydrogens (primary N) is 1. The third kappa shape index (κ3) is 2.62. The number of hydrogen-bond acceptors (Lipinski definition) is 7. The van der Waals surface area contributed by atoms with Crippen LogP contribution in [0.15, 0.2) is 18.5 Å². The smallest absolute Gasteiger partial charge is 0.377 e. The van der Waals surface area contributed by atoms with Crippen molar-refractivity contribution in [2.24, 2.45) is 0 Å². The average Bonchev–Trinajstić information content (AvgIpc) is 2.90. The van der Waals surface area contributed by atoms with E-state index in [9.17, 15) is 4.79 Å². The first-order valence-electron chi connectivity index (χ1n) is 5.55. The molecule has 2 aromatic heterocycles. The van der Waals surface area contributed by atoms with Crippen molar-refractivity contribution in [1.82, 2.24) is 19.7 Å². The van der Waals surface area contributed by atoms with E-state index in [1.54, 1.807) is 12.1 Å². The second-order valence-corrected chi connectivity index (χ2v) is 3.50. The van der Waals surface area contributed by atoms with Crippen LogP contribution in [0.3, 0.4) is 0 Å². The predicted molar refractivity (Wildman–Crippen MR) is 66.1 cm³/mol. The lowest BCUT2D eigenvalue weighted by Crippen LogP contribution is -2.07. The van der Waals surface area contributed by atoms with Crippen molar-refractivity contribution in [2.45, 2.75) is 6.92 Å². The first kappa shape index (κ1) is 12.8. The van der Waals surface area contributed by atoms with E-state index in [1.807, 2.05) is 6.92 Å². The fourth-order valence-electron chi connectivity index (χ4n) is 1.38. The Bertz CT molecular complexity index is 596. The van der Waals surface area contributed by atoms with Gasteiger partial charge in [-0.2, -0.15) is 4.98 Å². The second kappa shape index (κ2) is 5.34. The summed E-state index contributed by atoms with van der Waals surface area (Å²) in [5.41, 5.74) is 6.15. The summed E-state index contributed by atoms with van der Waals surface area (Å²) in [6, 6.07) is 3.29. The number of pyridine rings is 1. The highest BCUT2D eigenvalue weighted by Gasteiger charge is 2.13. The molecule has 2 rings (SSSR count). The Morgan fingerprint density at radius 2 is 2.26 bits per heavy atom. The zero-order chi connectivity index (χ0) is 13.8. The van der Waals surface area contributed by atoms with Crippen LogP contribution in [0.25, 0.3) is 5.82 Å². The molecule has 100 valence electrons. The van der Waals surface area contributed by atoms with E-state index < -0.39 is 5.97 Å².